The SMILES string of the molecule is Cc1cc(C)c(C(=O)c2cnn3ccncc23)cc1C. The van der Waals surface area contributed by atoms with E-state index in [0.29, 0.717) is 5.56 Å². The van der Waals surface area contributed by atoms with Crippen LogP contribution in [0.25, 0.3) is 5.52 Å². The third-order valence-electron chi connectivity index (χ3n) is 3.65. The van der Waals surface area contributed by atoms with E-state index in [1.54, 1.807) is 29.3 Å². The number of carbonyl (C=O) groups is 1. The second-order valence-electron chi connectivity index (χ2n) is 5.04. The van der Waals surface area contributed by atoms with Crippen molar-refractivity contribution in [1.82, 2.24) is 14.6 Å². The molecule has 0 spiro atoms. The number of carbonyl (C=O) groups excluding carboxylic acids is 1. The van der Waals surface area contributed by atoms with E-state index < -0.39 is 0 Å². The summed E-state index contributed by atoms with van der Waals surface area (Å²) in [6, 6.07) is 4.00. The summed E-state index contributed by atoms with van der Waals surface area (Å²) < 4.78 is 1.66. The molecule has 2 heterocycles. The first-order chi connectivity index (χ1) is 9.58. The first-order valence-electron chi connectivity index (χ1n) is 6.48. The molecule has 100 valence electrons. The van der Waals surface area contributed by atoms with Gasteiger partial charge < -0.3 is 0 Å². The number of hydrogen-bond donors (Lipinski definition) is 0. The molecular weight excluding hydrogens is 250 g/mol. The minimum atomic E-state index is -0.00593. The van der Waals surface area contributed by atoms with E-state index in [4.69, 9.17) is 0 Å². The molecule has 0 aliphatic rings. The Bertz CT molecular complexity index is 818. The van der Waals surface area contributed by atoms with Gasteiger partial charge in [0.25, 0.3) is 0 Å². The van der Waals surface area contributed by atoms with Gasteiger partial charge in [0.15, 0.2) is 5.78 Å². The molecule has 0 saturated heterocycles. The van der Waals surface area contributed by atoms with Crippen molar-refractivity contribution < 1.29 is 4.79 Å². The van der Waals surface area contributed by atoms with Crippen molar-refractivity contribution in [3.8, 4) is 0 Å². The Balaban J connectivity index is 2.16. The number of rotatable bonds is 2. The van der Waals surface area contributed by atoms with Crippen LogP contribution in [0.15, 0.2) is 36.9 Å². The largest absolute Gasteiger partial charge is 0.288 e. The van der Waals surface area contributed by atoms with Crippen LogP contribution in [0.2, 0.25) is 0 Å². The second kappa shape index (κ2) is 4.56. The monoisotopic (exact) mass is 265 g/mol. The van der Waals surface area contributed by atoms with Crippen molar-refractivity contribution in [3.05, 3.63) is 64.7 Å². The lowest BCUT2D eigenvalue weighted by Gasteiger charge is -2.08. The number of fused-ring (bicyclic) bond motifs is 1. The average molecular weight is 265 g/mol. The molecule has 0 saturated carbocycles. The summed E-state index contributed by atoms with van der Waals surface area (Å²) >= 11 is 0. The maximum absolute atomic E-state index is 12.7. The Morgan fingerprint density at radius 2 is 1.75 bits per heavy atom. The van der Waals surface area contributed by atoms with Gasteiger partial charge in [-0.05, 0) is 43.5 Å². The van der Waals surface area contributed by atoms with Crippen molar-refractivity contribution >= 4 is 11.3 Å². The summed E-state index contributed by atoms with van der Waals surface area (Å²) in [5.41, 5.74) is 5.35. The van der Waals surface area contributed by atoms with Crippen molar-refractivity contribution in [2.75, 3.05) is 0 Å². The molecule has 1 aromatic carbocycles. The maximum Gasteiger partial charge on any atom is 0.197 e. The van der Waals surface area contributed by atoms with Gasteiger partial charge in [-0.1, -0.05) is 6.07 Å². The average Bonchev–Trinajstić information content (AvgIpc) is 2.86. The molecule has 0 aliphatic heterocycles. The van der Waals surface area contributed by atoms with Gasteiger partial charge in [-0.15, -0.1) is 0 Å². The number of nitrogens with zero attached hydrogens (tertiary/aromatic N) is 3. The Labute approximate surface area is 117 Å². The Hall–Kier alpha value is -2.49. The topological polar surface area (TPSA) is 47.3 Å². The predicted molar refractivity (Wildman–Crippen MR) is 77.1 cm³/mol. The van der Waals surface area contributed by atoms with Gasteiger partial charge >= 0.3 is 0 Å². The van der Waals surface area contributed by atoms with Crippen molar-refractivity contribution in [3.63, 3.8) is 0 Å². The standard InChI is InChI=1S/C16H15N3O/c1-10-6-12(3)13(7-11(10)2)16(20)14-8-18-19-5-4-17-9-15(14)19/h4-9H,1-3H3. The molecule has 0 fully saturated rings. The van der Waals surface area contributed by atoms with Gasteiger partial charge in [0, 0.05) is 18.0 Å². The number of hydrogen-bond acceptors (Lipinski definition) is 3. The van der Waals surface area contributed by atoms with E-state index in [1.165, 1.54) is 5.56 Å². The van der Waals surface area contributed by atoms with Crippen LogP contribution in [-0.4, -0.2) is 20.4 Å². The fourth-order valence-corrected chi connectivity index (χ4v) is 2.36. The summed E-state index contributed by atoms with van der Waals surface area (Å²) in [5.74, 6) is -0.00593. The number of aryl methyl sites for hydroxylation is 3. The molecule has 0 N–H and O–H groups in total. The fraction of sp³-hybridized carbons (Fsp3) is 0.188. The van der Waals surface area contributed by atoms with E-state index in [1.807, 2.05) is 26.0 Å². The van der Waals surface area contributed by atoms with E-state index >= 15 is 0 Å². The van der Waals surface area contributed by atoms with Gasteiger partial charge in [0.05, 0.1) is 23.5 Å². The van der Waals surface area contributed by atoms with Crippen LogP contribution >= 0.6 is 0 Å². The zero-order valence-electron chi connectivity index (χ0n) is 11.7. The lowest BCUT2D eigenvalue weighted by molar-refractivity contribution is 0.103. The molecule has 20 heavy (non-hydrogen) atoms. The van der Waals surface area contributed by atoms with Crippen LogP contribution < -0.4 is 0 Å². The van der Waals surface area contributed by atoms with E-state index in [0.717, 1.165) is 22.2 Å². The fourth-order valence-electron chi connectivity index (χ4n) is 2.36. The van der Waals surface area contributed by atoms with Crippen LogP contribution in [0.5, 0.6) is 0 Å². The van der Waals surface area contributed by atoms with Crippen molar-refractivity contribution in [1.29, 1.82) is 0 Å². The van der Waals surface area contributed by atoms with Crippen LogP contribution in [0, 0.1) is 20.8 Å². The molecule has 3 aromatic rings. The van der Waals surface area contributed by atoms with Gasteiger partial charge in [0.2, 0.25) is 0 Å². The molecule has 3 rings (SSSR count). The van der Waals surface area contributed by atoms with Crippen molar-refractivity contribution in [2.45, 2.75) is 20.8 Å². The van der Waals surface area contributed by atoms with E-state index in [-0.39, 0.29) is 5.78 Å². The molecule has 4 nitrogen and oxygen atoms in total. The molecule has 0 bridgehead atoms. The molecule has 0 amide bonds. The van der Waals surface area contributed by atoms with Gasteiger partial charge in [-0.25, -0.2) is 4.52 Å². The van der Waals surface area contributed by atoms with Crippen molar-refractivity contribution in [2.24, 2.45) is 0 Å². The van der Waals surface area contributed by atoms with Crippen LogP contribution in [0.1, 0.15) is 32.6 Å². The predicted octanol–water partition coefficient (Wildman–Crippen LogP) is 2.89. The first kappa shape index (κ1) is 12.5. The molecule has 4 heteroatoms. The van der Waals surface area contributed by atoms with Gasteiger partial charge in [0.1, 0.15) is 0 Å². The van der Waals surface area contributed by atoms with E-state index in [2.05, 4.69) is 17.0 Å². The second-order valence-corrected chi connectivity index (χ2v) is 5.04. The quantitative estimate of drug-likeness (QED) is 0.669. The highest BCUT2D eigenvalue weighted by Gasteiger charge is 2.17. The van der Waals surface area contributed by atoms with Crippen LogP contribution in [0.3, 0.4) is 0 Å². The molecule has 0 aliphatic carbocycles. The van der Waals surface area contributed by atoms with E-state index in [9.17, 15) is 4.79 Å². The Kier molecular flexibility index (Phi) is 2.86. The third-order valence-corrected chi connectivity index (χ3v) is 3.65. The van der Waals surface area contributed by atoms with Crippen LogP contribution in [0.4, 0.5) is 0 Å². The summed E-state index contributed by atoms with van der Waals surface area (Å²) in [6.45, 7) is 6.03. The zero-order valence-corrected chi connectivity index (χ0v) is 11.7. The Morgan fingerprint density at radius 3 is 2.55 bits per heavy atom. The number of benzene rings is 1. The molecule has 0 radical (unpaired) electrons. The summed E-state index contributed by atoms with van der Waals surface area (Å²) in [6.07, 6.45) is 6.65. The minimum Gasteiger partial charge on any atom is -0.288 e. The smallest absolute Gasteiger partial charge is 0.197 e. The molecule has 2 aromatic heterocycles. The van der Waals surface area contributed by atoms with Gasteiger partial charge in [-0.3, -0.25) is 9.78 Å². The number of ketones is 1. The summed E-state index contributed by atoms with van der Waals surface area (Å²) in [5, 5.41) is 4.19. The van der Waals surface area contributed by atoms with Crippen LogP contribution in [-0.2, 0) is 0 Å². The highest BCUT2D eigenvalue weighted by atomic mass is 16.1. The Morgan fingerprint density at radius 1 is 1.00 bits per heavy atom. The first-order valence-corrected chi connectivity index (χ1v) is 6.48. The summed E-state index contributed by atoms with van der Waals surface area (Å²) in [7, 11) is 0. The highest BCUT2D eigenvalue weighted by molar-refractivity contribution is 6.13. The number of aromatic nitrogens is 3. The minimum absolute atomic E-state index is 0.00593. The molecular formula is C16H15N3O. The molecule has 0 atom stereocenters. The summed E-state index contributed by atoms with van der Waals surface area (Å²) in [4.78, 5) is 16.8. The third kappa shape index (κ3) is 1.90. The molecule has 0 unspecified atom stereocenters. The zero-order chi connectivity index (χ0) is 14.3. The maximum atomic E-state index is 12.7. The lowest BCUT2D eigenvalue weighted by atomic mass is 9.95. The normalized spacial score (nSPS) is 10.9. The highest BCUT2D eigenvalue weighted by Crippen LogP contribution is 2.20. The van der Waals surface area contributed by atoms with Gasteiger partial charge in [-0.2, -0.15) is 5.10 Å². The lowest BCUT2D eigenvalue weighted by Crippen LogP contribution is -2.05.